The molecule has 0 unspecified atom stereocenters. The van der Waals surface area contributed by atoms with Crippen molar-refractivity contribution in [1.29, 1.82) is 0 Å². The first kappa shape index (κ1) is 55.6. The average Bonchev–Trinajstić information content (AvgIpc) is 3.24. The summed E-state index contributed by atoms with van der Waals surface area (Å²) in [4.78, 5) is 93.3. The Bertz CT molecular complexity index is 1510. The molecule has 2 atom stereocenters. The van der Waals surface area contributed by atoms with E-state index in [4.69, 9.17) is 28.8 Å². The van der Waals surface area contributed by atoms with E-state index >= 15 is 0 Å². The van der Waals surface area contributed by atoms with E-state index in [0.717, 1.165) is 38.5 Å². The number of hydrogen-bond donors (Lipinski definition) is 8. The van der Waals surface area contributed by atoms with Crippen LogP contribution in [0, 0.1) is 0 Å². The van der Waals surface area contributed by atoms with Gasteiger partial charge in [0, 0.05) is 39.4 Å². The number of carbonyl (C=O) groups excluding carboxylic acids is 5. The van der Waals surface area contributed by atoms with E-state index < -0.39 is 35.9 Å². The van der Waals surface area contributed by atoms with Crippen LogP contribution in [0.25, 0.3) is 0 Å². The highest BCUT2D eigenvalue weighted by Crippen LogP contribution is 2.14. The van der Waals surface area contributed by atoms with Gasteiger partial charge in [0.05, 0.1) is 51.8 Å². The first-order chi connectivity index (χ1) is 30.3. The lowest BCUT2D eigenvalue weighted by atomic mass is 10.1. The predicted molar refractivity (Wildman–Crippen MR) is 226 cm³/mol. The van der Waals surface area contributed by atoms with E-state index in [-0.39, 0.29) is 121 Å². The molecular formula is C42H67N5O16. The summed E-state index contributed by atoms with van der Waals surface area (Å²) < 4.78 is 26.8. The fourth-order valence-corrected chi connectivity index (χ4v) is 5.62. The van der Waals surface area contributed by atoms with Crippen molar-refractivity contribution in [2.24, 2.45) is 0 Å². The number of nitrogens with one attached hydrogen (secondary N) is 5. The largest absolute Gasteiger partial charge is 0.494 e. The van der Waals surface area contributed by atoms with Crippen molar-refractivity contribution in [2.75, 3.05) is 79.1 Å². The fraction of sp³-hybridized carbons (Fsp3) is 0.667. The third kappa shape index (κ3) is 32.0. The fourth-order valence-electron chi connectivity index (χ4n) is 5.62. The number of rotatable bonds is 40. The molecule has 0 bridgehead atoms. The first-order valence-corrected chi connectivity index (χ1v) is 21.4. The van der Waals surface area contributed by atoms with Crippen LogP contribution in [0.3, 0.4) is 0 Å². The summed E-state index contributed by atoms with van der Waals surface area (Å²) in [5, 5.41) is 40.5. The van der Waals surface area contributed by atoms with E-state index in [0.29, 0.717) is 38.2 Å². The number of carboxylic acids is 3. The smallest absolute Gasteiger partial charge is 0.335 e. The second-order valence-electron chi connectivity index (χ2n) is 14.4. The van der Waals surface area contributed by atoms with Gasteiger partial charge in [0.1, 0.15) is 31.0 Å². The summed E-state index contributed by atoms with van der Waals surface area (Å²) >= 11 is 0. The predicted octanol–water partition coefficient (Wildman–Crippen LogP) is 1.41. The van der Waals surface area contributed by atoms with Crippen molar-refractivity contribution in [1.82, 2.24) is 26.6 Å². The summed E-state index contributed by atoms with van der Waals surface area (Å²) in [5.74, 6) is -4.61. The molecule has 356 valence electrons. The molecule has 8 N–H and O–H groups in total. The lowest BCUT2D eigenvalue weighted by Gasteiger charge is -2.14. The molecule has 21 heteroatoms. The molecule has 0 heterocycles. The van der Waals surface area contributed by atoms with Crippen LogP contribution in [0.2, 0.25) is 0 Å². The van der Waals surface area contributed by atoms with Crippen LogP contribution >= 0.6 is 0 Å². The van der Waals surface area contributed by atoms with Gasteiger partial charge in [-0.1, -0.05) is 32.1 Å². The molecule has 0 saturated heterocycles. The van der Waals surface area contributed by atoms with Crippen molar-refractivity contribution in [3.8, 4) is 5.75 Å². The van der Waals surface area contributed by atoms with Gasteiger partial charge in [-0.2, -0.15) is 0 Å². The molecule has 21 nitrogen and oxygen atoms in total. The number of aromatic carboxylic acids is 1. The van der Waals surface area contributed by atoms with Crippen LogP contribution in [-0.2, 0) is 52.5 Å². The number of ether oxygens (including phenoxy) is 5. The molecule has 1 aromatic rings. The van der Waals surface area contributed by atoms with Gasteiger partial charge in [-0.05, 0) is 62.8 Å². The summed E-state index contributed by atoms with van der Waals surface area (Å²) in [6.45, 7) is 3.06. The van der Waals surface area contributed by atoms with E-state index in [2.05, 4.69) is 26.6 Å². The summed E-state index contributed by atoms with van der Waals surface area (Å²) in [5.41, 5.74) is 0.209. The molecule has 0 saturated carbocycles. The molecule has 63 heavy (non-hydrogen) atoms. The van der Waals surface area contributed by atoms with E-state index in [1.165, 1.54) is 19.1 Å². The maximum absolute atomic E-state index is 12.3. The molecule has 0 spiro atoms. The number of amides is 5. The molecule has 0 aromatic heterocycles. The number of unbranched alkanes of at least 4 members (excludes halogenated alkanes) is 7. The Labute approximate surface area is 368 Å². The Balaban J connectivity index is 1.97. The monoisotopic (exact) mass is 897 g/mol. The van der Waals surface area contributed by atoms with Gasteiger partial charge in [0.15, 0.2) is 0 Å². The zero-order valence-corrected chi connectivity index (χ0v) is 36.3. The maximum atomic E-state index is 12.3. The Kier molecular flexibility index (Phi) is 31.9. The van der Waals surface area contributed by atoms with Gasteiger partial charge < -0.3 is 65.6 Å². The second kappa shape index (κ2) is 36.1. The Morgan fingerprint density at radius 2 is 1.02 bits per heavy atom. The van der Waals surface area contributed by atoms with Crippen LogP contribution in [0.15, 0.2) is 24.3 Å². The maximum Gasteiger partial charge on any atom is 0.335 e. The van der Waals surface area contributed by atoms with Crippen molar-refractivity contribution in [3.63, 3.8) is 0 Å². The highest BCUT2D eigenvalue weighted by molar-refractivity contribution is 5.87. The van der Waals surface area contributed by atoms with Crippen molar-refractivity contribution < 1.29 is 77.4 Å². The molecule has 0 aliphatic rings. The van der Waals surface area contributed by atoms with Crippen LogP contribution in [0.5, 0.6) is 5.75 Å². The minimum atomic E-state index is -1.22. The van der Waals surface area contributed by atoms with Gasteiger partial charge in [-0.15, -0.1) is 0 Å². The number of carbonyl (C=O) groups is 8. The summed E-state index contributed by atoms with van der Waals surface area (Å²) in [6, 6.07) is 4.03. The SMILES string of the molecule is CC(=O)NCCCC[C@H](NC(=O)COCCOCCNC(=O)COCCOCCNC(=O)CC[C@H](NC(=O)CCCCCCCCCOc1ccc(C(=O)O)cc1)C(=O)O)C(=O)O. The van der Waals surface area contributed by atoms with Crippen LogP contribution in [0.4, 0.5) is 0 Å². The van der Waals surface area contributed by atoms with E-state index in [9.17, 15) is 48.6 Å². The number of hydrogen-bond acceptors (Lipinski definition) is 13. The number of carboxylic acid groups (broad SMARTS) is 3. The molecule has 5 amide bonds. The second-order valence-corrected chi connectivity index (χ2v) is 14.4. The van der Waals surface area contributed by atoms with Crippen molar-refractivity contribution in [3.05, 3.63) is 29.8 Å². The third-order valence-electron chi connectivity index (χ3n) is 8.99. The Morgan fingerprint density at radius 3 is 1.60 bits per heavy atom. The van der Waals surface area contributed by atoms with Crippen LogP contribution in [-0.4, -0.2) is 154 Å². The van der Waals surface area contributed by atoms with E-state index in [1.54, 1.807) is 12.1 Å². The summed E-state index contributed by atoms with van der Waals surface area (Å²) in [7, 11) is 0. The molecule has 0 aliphatic carbocycles. The molecule has 0 fully saturated rings. The van der Waals surface area contributed by atoms with Gasteiger partial charge in [-0.25, -0.2) is 14.4 Å². The highest BCUT2D eigenvalue weighted by atomic mass is 16.5. The molecule has 0 radical (unpaired) electrons. The van der Waals surface area contributed by atoms with Gasteiger partial charge in [0.2, 0.25) is 29.5 Å². The molecule has 1 aromatic carbocycles. The highest BCUT2D eigenvalue weighted by Gasteiger charge is 2.21. The van der Waals surface area contributed by atoms with Crippen molar-refractivity contribution in [2.45, 2.75) is 102 Å². The topological polar surface area (TPSA) is 304 Å². The number of benzene rings is 1. The number of aliphatic carboxylic acids is 2. The van der Waals surface area contributed by atoms with Gasteiger partial charge in [-0.3, -0.25) is 24.0 Å². The normalized spacial score (nSPS) is 11.8. The van der Waals surface area contributed by atoms with Gasteiger partial charge in [0.25, 0.3) is 0 Å². The molecule has 1 rings (SSSR count). The Morgan fingerprint density at radius 1 is 0.492 bits per heavy atom. The zero-order valence-electron chi connectivity index (χ0n) is 36.3. The quantitative estimate of drug-likeness (QED) is 0.0432. The average molecular weight is 898 g/mol. The lowest BCUT2D eigenvalue weighted by Crippen LogP contribution is -2.42. The standard InChI is InChI=1S/C42H67N5O16/c1-31(48)43-19-9-8-11-34(41(55)56)47-39(52)30-62-28-26-60-24-21-45-38(51)29-61-27-25-59-23-20-44-36(49)18-17-35(42(57)58)46-37(50)12-7-5-3-2-4-6-10-22-63-33-15-13-32(14-16-33)40(53)54/h13-16,34-35H,2-12,17-30H2,1H3,(H,43,48)(H,44,49)(H,45,51)(H,46,50)(H,47,52)(H,53,54)(H,55,56)(H,57,58)/t34-,35-/m0/s1. The van der Waals surface area contributed by atoms with Gasteiger partial charge >= 0.3 is 17.9 Å². The lowest BCUT2D eigenvalue weighted by molar-refractivity contribution is -0.143. The van der Waals surface area contributed by atoms with Crippen LogP contribution < -0.4 is 31.3 Å². The van der Waals surface area contributed by atoms with Crippen LogP contribution in [0.1, 0.15) is 101 Å². The summed E-state index contributed by atoms with van der Waals surface area (Å²) in [6.07, 6.45) is 7.59. The minimum absolute atomic E-state index is 0.0641. The first-order valence-electron chi connectivity index (χ1n) is 21.4. The third-order valence-corrected chi connectivity index (χ3v) is 8.99. The Hall–Kier alpha value is -5.38. The van der Waals surface area contributed by atoms with E-state index in [1.807, 2.05) is 0 Å². The minimum Gasteiger partial charge on any atom is -0.494 e. The molecule has 0 aliphatic heterocycles. The van der Waals surface area contributed by atoms with Crippen molar-refractivity contribution >= 4 is 47.4 Å². The zero-order chi connectivity index (χ0) is 46.5. The molecular weight excluding hydrogens is 830 g/mol.